The summed E-state index contributed by atoms with van der Waals surface area (Å²) in [4.78, 5) is 2.16. The van der Waals surface area contributed by atoms with E-state index in [4.69, 9.17) is 5.73 Å². The smallest absolute Gasteiger partial charge is 0.0917 e. The second-order valence-electron chi connectivity index (χ2n) is 5.54. The molecule has 0 aliphatic heterocycles. The number of nitrogens with two attached hydrogens (primary N) is 1. The molecule has 21 heavy (non-hydrogen) atoms. The Kier molecular flexibility index (Phi) is 5.78. The highest BCUT2D eigenvalue weighted by atomic mass is 16.3. The maximum Gasteiger partial charge on any atom is 0.0917 e. The summed E-state index contributed by atoms with van der Waals surface area (Å²) in [6.07, 6.45) is 1.67. The standard InChI is InChI=1S/C18H24N2O/c1-20(12-6-9-15-7-3-2-4-8-15)14-18(21)16-10-5-11-17(19)13-16/h2-5,7-8,10-11,13,18,21H,6,9,12,14,19H2,1H3. The Morgan fingerprint density at radius 3 is 2.57 bits per heavy atom. The number of hydrogen-bond donors (Lipinski definition) is 2. The number of benzene rings is 2. The fraction of sp³-hybridized carbons (Fsp3) is 0.333. The van der Waals surface area contributed by atoms with Crippen LogP contribution in [0.15, 0.2) is 54.6 Å². The van der Waals surface area contributed by atoms with Gasteiger partial charge in [-0.15, -0.1) is 0 Å². The molecule has 2 aromatic rings. The molecule has 1 atom stereocenters. The molecule has 2 rings (SSSR count). The third-order valence-corrected chi connectivity index (χ3v) is 3.63. The number of aliphatic hydroxyl groups excluding tert-OH is 1. The summed E-state index contributed by atoms with van der Waals surface area (Å²) in [5.41, 5.74) is 8.68. The molecule has 0 aliphatic carbocycles. The van der Waals surface area contributed by atoms with Crippen LogP contribution in [0.3, 0.4) is 0 Å². The van der Waals surface area contributed by atoms with Crippen molar-refractivity contribution in [3.8, 4) is 0 Å². The highest BCUT2D eigenvalue weighted by molar-refractivity contribution is 5.41. The van der Waals surface area contributed by atoms with Crippen LogP contribution in [-0.4, -0.2) is 30.1 Å². The zero-order valence-corrected chi connectivity index (χ0v) is 12.6. The third-order valence-electron chi connectivity index (χ3n) is 3.63. The van der Waals surface area contributed by atoms with Crippen LogP contribution in [0.4, 0.5) is 5.69 Å². The molecule has 0 aliphatic rings. The number of nitrogens with zero attached hydrogens (tertiary/aromatic N) is 1. The van der Waals surface area contributed by atoms with Gasteiger partial charge in [-0.1, -0.05) is 42.5 Å². The summed E-state index contributed by atoms with van der Waals surface area (Å²) >= 11 is 0. The molecular formula is C18H24N2O. The first kappa shape index (κ1) is 15.5. The Balaban J connectivity index is 1.75. The van der Waals surface area contributed by atoms with Crippen molar-refractivity contribution in [2.45, 2.75) is 18.9 Å². The van der Waals surface area contributed by atoms with Crippen molar-refractivity contribution >= 4 is 5.69 Å². The van der Waals surface area contributed by atoms with Crippen molar-refractivity contribution in [3.63, 3.8) is 0 Å². The lowest BCUT2D eigenvalue weighted by Gasteiger charge is -2.21. The summed E-state index contributed by atoms with van der Waals surface area (Å²) < 4.78 is 0. The molecule has 0 heterocycles. The molecule has 1 unspecified atom stereocenters. The van der Waals surface area contributed by atoms with Gasteiger partial charge in [-0.2, -0.15) is 0 Å². The van der Waals surface area contributed by atoms with E-state index in [9.17, 15) is 5.11 Å². The minimum Gasteiger partial charge on any atom is -0.399 e. The van der Waals surface area contributed by atoms with E-state index in [1.807, 2.05) is 37.4 Å². The fourth-order valence-corrected chi connectivity index (χ4v) is 2.46. The van der Waals surface area contributed by atoms with E-state index in [1.165, 1.54) is 5.56 Å². The molecule has 3 nitrogen and oxygen atoms in total. The first-order valence-corrected chi connectivity index (χ1v) is 7.41. The maximum atomic E-state index is 10.2. The van der Waals surface area contributed by atoms with Crippen molar-refractivity contribution in [1.82, 2.24) is 4.90 Å². The van der Waals surface area contributed by atoms with E-state index in [2.05, 4.69) is 29.2 Å². The van der Waals surface area contributed by atoms with Gasteiger partial charge in [-0.3, -0.25) is 0 Å². The molecule has 0 spiro atoms. The largest absolute Gasteiger partial charge is 0.399 e. The molecular weight excluding hydrogens is 260 g/mol. The lowest BCUT2D eigenvalue weighted by atomic mass is 10.1. The predicted molar refractivity (Wildman–Crippen MR) is 88.1 cm³/mol. The van der Waals surface area contributed by atoms with Gasteiger partial charge in [0, 0.05) is 12.2 Å². The molecule has 0 fully saturated rings. The van der Waals surface area contributed by atoms with Gasteiger partial charge >= 0.3 is 0 Å². The Morgan fingerprint density at radius 2 is 1.86 bits per heavy atom. The minimum absolute atomic E-state index is 0.491. The minimum atomic E-state index is -0.491. The summed E-state index contributed by atoms with van der Waals surface area (Å²) in [6.45, 7) is 1.59. The van der Waals surface area contributed by atoms with Crippen LogP contribution < -0.4 is 5.73 Å². The van der Waals surface area contributed by atoms with Gasteiger partial charge in [-0.25, -0.2) is 0 Å². The molecule has 3 heteroatoms. The SMILES string of the molecule is CN(CCCc1ccccc1)CC(O)c1cccc(N)c1. The van der Waals surface area contributed by atoms with Gasteiger partial charge in [0.15, 0.2) is 0 Å². The second-order valence-corrected chi connectivity index (χ2v) is 5.54. The number of likely N-dealkylation sites (N-methyl/N-ethyl adjacent to an activating group) is 1. The van der Waals surface area contributed by atoms with Crippen LogP contribution in [0, 0.1) is 0 Å². The Labute approximate surface area is 127 Å². The number of nitrogen functional groups attached to an aromatic ring is 1. The van der Waals surface area contributed by atoms with Crippen molar-refractivity contribution < 1.29 is 5.11 Å². The molecule has 0 radical (unpaired) electrons. The van der Waals surface area contributed by atoms with Crippen LogP contribution >= 0.6 is 0 Å². The molecule has 0 amide bonds. The van der Waals surface area contributed by atoms with Crippen molar-refractivity contribution in [3.05, 3.63) is 65.7 Å². The van der Waals surface area contributed by atoms with Crippen LogP contribution in [0.1, 0.15) is 23.7 Å². The summed E-state index contributed by atoms with van der Waals surface area (Å²) in [5.74, 6) is 0. The average Bonchev–Trinajstić information content (AvgIpc) is 2.48. The zero-order chi connectivity index (χ0) is 15.1. The topological polar surface area (TPSA) is 49.5 Å². The molecule has 0 saturated heterocycles. The van der Waals surface area contributed by atoms with E-state index >= 15 is 0 Å². The number of rotatable bonds is 7. The Bertz CT molecular complexity index is 542. The molecule has 2 aromatic carbocycles. The predicted octanol–water partition coefficient (Wildman–Crippen LogP) is 2.87. The first-order valence-electron chi connectivity index (χ1n) is 7.41. The molecule has 112 valence electrons. The third kappa shape index (κ3) is 5.21. The Hall–Kier alpha value is -1.84. The average molecular weight is 284 g/mol. The van der Waals surface area contributed by atoms with Gasteiger partial charge < -0.3 is 15.7 Å². The van der Waals surface area contributed by atoms with Gasteiger partial charge in [-0.05, 0) is 49.7 Å². The normalized spacial score (nSPS) is 12.5. The van der Waals surface area contributed by atoms with E-state index < -0.39 is 6.10 Å². The van der Waals surface area contributed by atoms with E-state index in [-0.39, 0.29) is 0 Å². The van der Waals surface area contributed by atoms with E-state index in [0.717, 1.165) is 24.9 Å². The number of anilines is 1. The number of aryl methyl sites for hydroxylation is 1. The summed E-state index contributed by atoms with van der Waals surface area (Å²) in [5, 5.41) is 10.2. The van der Waals surface area contributed by atoms with Gasteiger partial charge in [0.2, 0.25) is 0 Å². The van der Waals surface area contributed by atoms with E-state index in [1.54, 1.807) is 0 Å². The Morgan fingerprint density at radius 1 is 1.10 bits per heavy atom. The lowest BCUT2D eigenvalue weighted by Crippen LogP contribution is -2.26. The summed E-state index contributed by atoms with van der Waals surface area (Å²) in [6, 6.07) is 18.0. The van der Waals surface area contributed by atoms with E-state index in [0.29, 0.717) is 12.2 Å². The van der Waals surface area contributed by atoms with Gasteiger partial charge in [0.05, 0.1) is 6.10 Å². The second kappa shape index (κ2) is 7.81. The van der Waals surface area contributed by atoms with Crippen molar-refractivity contribution in [2.75, 3.05) is 25.9 Å². The monoisotopic (exact) mass is 284 g/mol. The first-order chi connectivity index (χ1) is 10.1. The van der Waals surface area contributed by atoms with Gasteiger partial charge in [0.1, 0.15) is 0 Å². The zero-order valence-electron chi connectivity index (χ0n) is 12.6. The summed E-state index contributed by atoms with van der Waals surface area (Å²) in [7, 11) is 2.04. The highest BCUT2D eigenvalue weighted by Crippen LogP contribution is 2.16. The lowest BCUT2D eigenvalue weighted by molar-refractivity contribution is 0.126. The quantitative estimate of drug-likeness (QED) is 0.769. The molecule has 0 saturated carbocycles. The van der Waals surface area contributed by atoms with Crippen LogP contribution in [0.25, 0.3) is 0 Å². The molecule has 0 bridgehead atoms. The maximum absolute atomic E-state index is 10.2. The van der Waals surface area contributed by atoms with Crippen LogP contribution in [-0.2, 0) is 6.42 Å². The molecule has 3 N–H and O–H groups in total. The van der Waals surface area contributed by atoms with Crippen molar-refractivity contribution in [2.24, 2.45) is 0 Å². The molecule has 0 aromatic heterocycles. The number of aliphatic hydroxyl groups is 1. The van der Waals surface area contributed by atoms with Crippen LogP contribution in [0.2, 0.25) is 0 Å². The fourth-order valence-electron chi connectivity index (χ4n) is 2.46. The van der Waals surface area contributed by atoms with Crippen molar-refractivity contribution in [1.29, 1.82) is 0 Å². The number of hydrogen-bond acceptors (Lipinski definition) is 3. The highest BCUT2D eigenvalue weighted by Gasteiger charge is 2.10. The van der Waals surface area contributed by atoms with Crippen LogP contribution in [0.5, 0.6) is 0 Å². The van der Waals surface area contributed by atoms with Gasteiger partial charge in [0.25, 0.3) is 0 Å².